The summed E-state index contributed by atoms with van der Waals surface area (Å²) >= 11 is 4.85. The molecule has 0 saturated carbocycles. The Hall–Kier alpha value is -0.720. The van der Waals surface area contributed by atoms with Crippen LogP contribution in [-0.4, -0.2) is 67.1 Å². The lowest BCUT2D eigenvalue weighted by Crippen LogP contribution is -2.50. The summed E-state index contributed by atoms with van der Waals surface area (Å²) in [7, 11) is 1.60. The summed E-state index contributed by atoms with van der Waals surface area (Å²) in [6.45, 7) is 4.34. The van der Waals surface area contributed by atoms with Gasteiger partial charge >= 0.3 is 0 Å². The van der Waals surface area contributed by atoms with Gasteiger partial charge in [-0.05, 0) is 0 Å². The van der Waals surface area contributed by atoms with Crippen LogP contribution in [0.5, 0.6) is 0 Å². The predicted octanol–water partition coefficient (Wildman–Crippen LogP) is -0.547. The van der Waals surface area contributed by atoms with Crippen LogP contribution in [0.1, 0.15) is 6.42 Å². The van der Waals surface area contributed by atoms with Gasteiger partial charge in [0, 0.05) is 39.8 Å². The molecule has 0 radical (unpaired) electrons. The number of thiocarbonyl (C=S) groups is 1. The topological polar surface area (TPSA) is 58.8 Å². The molecule has 0 bridgehead atoms. The van der Waals surface area contributed by atoms with Crippen LogP contribution in [-0.2, 0) is 9.53 Å². The van der Waals surface area contributed by atoms with Gasteiger partial charge in [0.25, 0.3) is 0 Å². The Bertz CT molecular complexity index is 252. The van der Waals surface area contributed by atoms with Crippen molar-refractivity contribution in [1.82, 2.24) is 9.80 Å². The van der Waals surface area contributed by atoms with Crippen molar-refractivity contribution in [2.24, 2.45) is 5.73 Å². The maximum atomic E-state index is 11.7. The first-order valence-corrected chi connectivity index (χ1v) is 5.81. The number of nitrogens with zero attached hydrogens (tertiary/aromatic N) is 2. The number of ether oxygens (including phenoxy) is 1. The molecule has 0 spiro atoms. The predicted molar refractivity (Wildman–Crippen MR) is 66.3 cm³/mol. The standard InChI is InChI=1S/C10H19N3O2S/c1-15-7-2-10(14)13-5-3-12(4-6-13)8-9(11)16/h2-8H2,1H3,(H2,11,16). The highest BCUT2D eigenvalue weighted by atomic mass is 32.1. The number of piperazine rings is 1. The number of nitrogens with two attached hydrogens (primary N) is 1. The number of carbonyl (C=O) groups excluding carboxylic acids is 1. The summed E-state index contributed by atoms with van der Waals surface area (Å²) in [5.74, 6) is 0.164. The molecule has 1 aliphatic heterocycles. The van der Waals surface area contributed by atoms with Gasteiger partial charge in [-0.15, -0.1) is 0 Å². The van der Waals surface area contributed by atoms with Gasteiger partial charge in [0.2, 0.25) is 5.91 Å². The zero-order valence-corrected chi connectivity index (χ0v) is 10.5. The van der Waals surface area contributed by atoms with Crippen LogP contribution in [0.4, 0.5) is 0 Å². The van der Waals surface area contributed by atoms with Crippen LogP contribution in [0.2, 0.25) is 0 Å². The van der Waals surface area contributed by atoms with Crippen LogP contribution in [0, 0.1) is 0 Å². The van der Waals surface area contributed by atoms with E-state index in [0.717, 1.165) is 26.2 Å². The van der Waals surface area contributed by atoms with E-state index in [2.05, 4.69) is 4.90 Å². The fourth-order valence-electron chi connectivity index (χ4n) is 1.72. The lowest BCUT2D eigenvalue weighted by atomic mass is 10.3. The molecule has 1 saturated heterocycles. The van der Waals surface area contributed by atoms with Crippen LogP contribution in [0.25, 0.3) is 0 Å². The minimum Gasteiger partial charge on any atom is -0.392 e. The monoisotopic (exact) mass is 245 g/mol. The summed E-state index contributed by atoms with van der Waals surface area (Å²) in [6.07, 6.45) is 0.464. The molecule has 5 nitrogen and oxygen atoms in total. The average Bonchev–Trinajstić information content (AvgIpc) is 2.26. The fourth-order valence-corrected chi connectivity index (χ4v) is 1.91. The van der Waals surface area contributed by atoms with E-state index in [1.54, 1.807) is 7.11 Å². The fraction of sp³-hybridized carbons (Fsp3) is 0.800. The Morgan fingerprint density at radius 1 is 1.38 bits per heavy atom. The summed E-state index contributed by atoms with van der Waals surface area (Å²) in [5, 5.41) is 0. The Morgan fingerprint density at radius 3 is 2.50 bits per heavy atom. The normalized spacial score (nSPS) is 17.4. The second-order valence-electron chi connectivity index (χ2n) is 3.87. The molecule has 1 fully saturated rings. The van der Waals surface area contributed by atoms with Gasteiger partial charge in [-0.3, -0.25) is 9.69 Å². The molecule has 0 atom stereocenters. The second kappa shape index (κ2) is 6.78. The highest BCUT2D eigenvalue weighted by Crippen LogP contribution is 2.03. The number of carbonyl (C=O) groups is 1. The molecule has 0 unspecified atom stereocenters. The van der Waals surface area contributed by atoms with E-state index in [9.17, 15) is 4.79 Å². The highest BCUT2D eigenvalue weighted by molar-refractivity contribution is 7.80. The summed E-state index contributed by atoms with van der Waals surface area (Å²) in [4.78, 5) is 16.2. The van der Waals surface area contributed by atoms with Crippen molar-refractivity contribution in [3.63, 3.8) is 0 Å². The minimum absolute atomic E-state index is 0.164. The van der Waals surface area contributed by atoms with Crippen molar-refractivity contribution in [3.05, 3.63) is 0 Å². The molecule has 1 aliphatic rings. The van der Waals surface area contributed by atoms with Gasteiger partial charge < -0.3 is 15.4 Å². The van der Waals surface area contributed by atoms with Crippen LogP contribution in [0.3, 0.4) is 0 Å². The molecule has 92 valence electrons. The van der Waals surface area contributed by atoms with Gasteiger partial charge in [0.05, 0.1) is 18.0 Å². The SMILES string of the molecule is COCCC(=O)N1CCN(CC(N)=S)CC1. The van der Waals surface area contributed by atoms with Gasteiger partial charge in [0.1, 0.15) is 0 Å². The molecule has 6 heteroatoms. The molecule has 0 aliphatic carbocycles. The quantitative estimate of drug-likeness (QED) is 0.659. The van der Waals surface area contributed by atoms with E-state index in [1.807, 2.05) is 4.90 Å². The Balaban J connectivity index is 2.25. The smallest absolute Gasteiger partial charge is 0.224 e. The van der Waals surface area contributed by atoms with Crippen molar-refractivity contribution in [3.8, 4) is 0 Å². The molecule has 16 heavy (non-hydrogen) atoms. The van der Waals surface area contributed by atoms with Gasteiger partial charge in [-0.25, -0.2) is 0 Å². The summed E-state index contributed by atoms with van der Waals surface area (Å²) in [5.41, 5.74) is 5.48. The molecular formula is C10H19N3O2S. The van der Waals surface area contributed by atoms with Gasteiger partial charge in [0.15, 0.2) is 0 Å². The van der Waals surface area contributed by atoms with Crippen molar-refractivity contribution in [2.75, 3.05) is 46.4 Å². The van der Waals surface area contributed by atoms with Gasteiger partial charge in [-0.2, -0.15) is 0 Å². The Labute approximate surface area is 102 Å². The first-order chi connectivity index (χ1) is 7.63. The Morgan fingerprint density at radius 2 is 2.00 bits per heavy atom. The Kier molecular flexibility index (Phi) is 5.65. The molecule has 1 amide bonds. The average molecular weight is 245 g/mol. The summed E-state index contributed by atoms with van der Waals surface area (Å²) < 4.78 is 4.89. The molecule has 1 heterocycles. The first kappa shape index (κ1) is 13.3. The molecule has 0 aromatic heterocycles. The van der Waals surface area contributed by atoms with Crippen molar-refractivity contribution >= 4 is 23.1 Å². The maximum Gasteiger partial charge on any atom is 0.224 e. The first-order valence-electron chi connectivity index (χ1n) is 5.41. The number of hydrogen-bond donors (Lipinski definition) is 1. The largest absolute Gasteiger partial charge is 0.392 e. The number of hydrogen-bond acceptors (Lipinski definition) is 4. The zero-order valence-electron chi connectivity index (χ0n) is 9.65. The third kappa shape index (κ3) is 4.42. The van der Waals surface area contributed by atoms with E-state index in [0.29, 0.717) is 24.6 Å². The molecule has 0 aromatic rings. The zero-order chi connectivity index (χ0) is 12.0. The van der Waals surface area contributed by atoms with Crippen LogP contribution in [0.15, 0.2) is 0 Å². The van der Waals surface area contributed by atoms with Crippen molar-refractivity contribution in [1.29, 1.82) is 0 Å². The van der Waals surface area contributed by atoms with E-state index in [4.69, 9.17) is 22.7 Å². The second-order valence-corrected chi connectivity index (χ2v) is 4.39. The number of rotatable bonds is 5. The molecular weight excluding hydrogens is 226 g/mol. The van der Waals surface area contributed by atoms with E-state index in [1.165, 1.54) is 0 Å². The van der Waals surface area contributed by atoms with Gasteiger partial charge in [-0.1, -0.05) is 12.2 Å². The van der Waals surface area contributed by atoms with Crippen molar-refractivity contribution in [2.45, 2.75) is 6.42 Å². The lowest BCUT2D eigenvalue weighted by molar-refractivity contribution is -0.133. The molecule has 1 rings (SSSR count). The van der Waals surface area contributed by atoms with E-state index < -0.39 is 0 Å². The van der Waals surface area contributed by atoms with Crippen LogP contribution < -0.4 is 5.73 Å². The highest BCUT2D eigenvalue weighted by Gasteiger charge is 2.20. The summed E-state index contributed by atoms with van der Waals surface area (Å²) in [6, 6.07) is 0. The lowest BCUT2D eigenvalue weighted by Gasteiger charge is -2.34. The minimum atomic E-state index is 0.164. The third-order valence-electron chi connectivity index (χ3n) is 2.62. The maximum absolute atomic E-state index is 11.7. The van der Waals surface area contributed by atoms with E-state index >= 15 is 0 Å². The van der Waals surface area contributed by atoms with Crippen LogP contribution >= 0.6 is 12.2 Å². The number of amides is 1. The molecule has 2 N–H and O–H groups in total. The third-order valence-corrected chi connectivity index (χ3v) is 2.75. The number of methoxy groups -OCH3 is 1. The van der Waals surface area contributed by atoms with E-state index in [-0.39, 0.29) is 5.91 Å². The van der Waals surface area contributed by atoms with Crippen molar-refractivity contribution < 1.29 is 9.53 Å². The molecule has 0 aromatic carbocycles.